The van der Waals surface area contributed by atoms with Crippen LogP contribution in [0, 0.1) is 12.7 Å². The van der Waals surface area contributed by atoms with Crippen LogP contribution < -0.4 is 4.72 Å². The number of sulfonamides is 1. The summed E-state index contributed by atoms with van der Waals surface area (Å²) in [4.78, 5) is -0.0966. The predicted molar refractivity (Wildman–Crippen MR) is 81.6 cm³/mol. The van der Waals surface area contributed by atoms with E-state index in [-0.39, 0.29) is 11.4 Å². The summed E-state index contributed by atoms with van der Waals surface area (Å²) >= 11 is 11.8. The van der Waals surface area contributed by atoms with Crippen LogP contribution in [0.2, 0.25) is 10.0 Å². The van der Waals surface area contributed by atoms with Gasteiger partial charge in [-0.25, -0.2) is 17.5 Å². The third-order valence-corrected chi connectivity index (χ3v) is 5.05. The van der Waals surface area contributed by atoms with Crippen molar-refractivity contribution in [3.63, 3.8) is 0 Å². The molecule has 0 heterocycles. The van der Waals surface area contributed by atoms with Crippen LogP contribution in [0.4, 0.5) is 4.39 Å². The molecule has 0 spiro atoms. The molecule has 21 heavy (non-hydrogen) atoms. The van der Waals surface area contributed by atoms with E-state index in [9.17, 15) is 12.8 Å². The highest BCUT2D eigenvalue weighted by Gasteiger charge is 2.18. The molecule has 0 aliphatic heterocycles. The van der Waals surface area contributed by atoms with E-state index in [2.05, 4.69) is 4.72 Å². The van der Waals surface area contributed by atoms with Gasteiger partial charge in [0.15, 0.2) is 0 Å². The lowest BCUT2D eigenvalue weighted by Gasteiger charge is -2.10. The largest absolute Gasteiger partial charge is 0.241 e. The second kappa shape index (κ2) is 6.32. The van der Waals surface area contributed by atoms with Gasteiger partial charge in [-0.3, -0.25) is 0 Å². The first-order chi connectivity index (χ1) is 9.79. The summed E-state index contributed by atoms with van der Waals surface area (Å²) in [5, 5.41) is 0.855. The van der Waals surface area contributed by atoms with Crippen molar-refractivity contribution < 1.29 is 12.8 Å². The number of hydrogen-bond donors (Lipinski definition) is 1. The SMILES string of the molecule is Cc1ccc(F)cc1S(=O)(=O)NCc1cc(Cl)ccc1Cl. The van der Waals surface area contributed by atoms with Crippen molar-refractivity contribution in [1.29, 1.82) is 0 Å². The summed E-state index contributed by atoms with van der Waals surface area (Å²) in [5.41, 5.74) is 1.00. The van der Waals surface area contributed by atoms with E-state index in [0.29, 0.717) is 21.2 Å². The number of halogens is 3. The Labute approximate surface area is 132 Å². The maximum absolute atomic E-state index is 13.2. The average Bonchev–Trinajstić information content (AvgIpc) is 2.42. The lowest BCUT2D eigenvalue weighted by atomic mass is 10.2. The van der Waals surface area contributed by atoms with Gasteiger partial charge in [0, 0.05) is 16.6 Å². The number of benzene rings is 2. The highest BCUT2D eigenvalue weighted by atomic mass is 35.5. The maximum atomic E-state index is 13.2. The monoisotopic (exact) mass is 347 g/mol. The van der Waals surface area contributed by atoms with Crippen LogP contribution >= 0.6 is 23.2 Å². The third-order valence-electron chi connectivity index (χ3n) is 2.90. The van der Waals surface area contributed by atoms with Gasteiger partial charge in [0.1, 0.15) is 5.82 Å². The van der Waals surface area contributed by atoms with Gasteiger partial charge in [-0.15, -0.1) is 0 Å². The topological polar surface area (TPSA) is 46.2 Å². The zero-order chi connectivity index (χ0) is 15.6. The standard InChI is InChI=1S/C14H12Cl2FNO2S/c1-9-2-4-12(17)7-14(9)21(19,20)18-8-10-6-11(15)3-5-13(10)16/h2-7,18H,8H2,1H3. The Balaban J connectivity index is 2.26. The van der Waals surface area contributed by atoms with Crippen LogP contribution in [0.25, 0.3) is 0 Å². The van der Waals surface area contributed by atoms with Gasteiger partial charge in [-0.05, 0) is 48.4 Å². The average molecular weight is 348 g/mol. The van der Waals surface area contributed by atoms with Crippen LogP contribution in [-0.4, -0.2) is 8.42 Å². The number of rotatable bonds is 4. The molecule has 0 amide bonds. The highest BCUT2D eigenvalue weighted by molar-refractivity contribution is 7.89. The van der Waals surface area contributed by atoms with E-state index in [0.717, 1.165) is 6.07 Å². The third kappa shape index (κ3) is 3.95. The Kier molecular flexibility index (Phi) is 4.88. The van der Waals surface area contributed by atoms with Crippen LogP contribution in [0.5, 0.6) is 0 Å². The molecule has 7 heteroatoms. The first kappa shape index (κ1) is 16.2. The van der Waals surface area contributed by atoms with Gasteiger partial charge in [0.2, 0.25) is 10.0 Å². The molecule has 2 rings (SSSR count). The Morgan fingerprint density at radius 3 is 2.57 bits per heavy atom. The summed E-state index contributed by atoms with van der Waals surface area (Å²) in [6.07, 6.45) is 0. The molecule has 0 aromatic heterocycles. The minimum Gasteiger partial charge on any atom is -0.207 e. The molecule has 0 saturated carbocycles. The van der Waals surface area contributed by atoms with Crippen LogP contribution in [0.1, 0.15) is 11.1 Å². The van der Waals surface area contributed by atoms with Crippen LogP contribution in [0.3, 0.4) is 0 Å². The van der Waals surface area contributed by atoms with Gasteiger partial charge in [0.25, 0.3) is 0 Å². The number of nitrogens with one attached hydrogen (secondary N) is 1. The van der Waals surface area contributed by atoms with E-state index in [4.69, 9.17) is 23.2 Å². The fourth-order valence-corrected chi connectivity index (χ4v) is 3.43. The van der Waals surface area contributed by atoms with E-state index in [1.165, 1.54) is 12.1 Å². The van der Waals surface area contributed by atoms with Crippen LogP contribution in [-0.2, 0) is 16.6 Å². The van der Waals surface area contributed by atoms with Gasteiger partial charge in [-0.1, -0.05) is 29.3 Å². The zero-order valence-electron chi connectivity index (χ0n) is 11.0. The minimum absolute atomic E-state index is 0.0301. The highest BCUT2D eigenvalue weighted by Crippen LogP contribution is 2.22. The molecule has 3 nitrogen and oxygen atoms in total. The smallest absolute Gasteiger partial charge is 0.207 e. The summed E-state index contributed by atoms with van der Waals surface area (Å²) < 4.78 is 40.1. The molecule has 2 aromatic rings. The second-order valence-electron chi connectivity index (χ2n) is 4.47. The van der Waals surface area contributed by atoms with Crippen molar-refractivity contribution >= 4 is 33.2 Å². The molecule has 0 unspecified atom stereocenters. The van der Waals surface area contributed by atoms with Crippen molar-refractivity contribution in [3.05, 3.63) is 63.4 Å². The summed E-state index contributed by atoms with van der Waals surface area (Å²) in [6.45, 7) is 1.57. The first-order valence-electron chi connectivity index (χ1n) is 5.99. The zero-order valence-corrected chi connectivity index (χ0v) is 13.4. The Morgan fingerprint density at radius 2 is 1.86 bits per heavy atom. The van der Waals surface area contributed by atoms with E-state index in [1.807, 2.05) is 0 Å². The number of aryl methyl sites for hydroxylation is 1. The van der Waals surface area contributed by atoms with Crippen molar-refractivity contribution in [3.8, 4) is 0 Å². The molecule has 0 fully saturated rings. The normalized spacial score (nSPS) is 11.6. The van der Waals surface area contributed by atoms with Crippen molar-refractivity contribution in [2.75, 3.05) is 0 Å². The number of hydrogen-bond acceptors (Lipinski definition) is 2. The first-order valence-corrected chi connectivity index (χ1v) is 8.23. The molecular formula is C14H12Cl2FNO2S. The van der Waals surface area contributed by atoms with E-state index in [1.54, 1.807) is 25.1 Å². The molecule has 0 bridgehead atoms. The summed E-state index contributed by atoms with van der Waals surface area (Å²) in [5.74, 6) is -0.609. The Bertz CT molecular complexity index is 779. The molecule has 2 aromatic carbocycles. The van der Waals surface area contributed by atoms with Gasteiger partial charge in [0.05, 0.1) is 4.90 Å². The van der Waals surface area contributed by atoms with Crippen molar-refractivity contribution in [1.82, 2.24) is 4.72 Å². The molecule has 0 aliphatic rings. The minimum atomic E-state index is -3.83. The van der Waals surface area contributed by atoms with E-state index >= 15 is 0 Å². The second-order valence-corrected chi connectivity index (χ2v) is 7.05. The van der Waals surface area contributed by atoms with Gasteiger partial charge in [-0.2, -0.15) is 0 Å². The molecular weight excluding hydrogens is 336 g/mol. The van der Waals surface area contributed by atoms with Gasteiger partial charge >= 0.3 is 0 Å². The van der Waals surface area contributed by atoms with E-state index < -0.39 is 15.8 Å². The molecule has 0 radical (unpaired) electrons. The summed E-state index contributed by atoms with van der Waals surface area (Å²) in [7, 11) is -3.83. The molecule has 112 valence electrons. The fraction of sp³-hybridized carbons (Fsp3) is 0.143. The van der Waals surface area contributed by atoms with Crippen molar-refractivity contribution in [2.45, 2.75) is 18.4 Å². The Morgan fingerprint density at radius 1 is 1.14 bits per heavy atom. The van der Waals surface area contributed by atoms with Gasteiger partial charge < -0.3 is 0 Å². The lowest BCUT2D eigenvalue weighted by molar-refractivity contribution is 0.576. The maximum Gasteiger partial charge on any atom is 0.241 e. The fourth-order valence-electron chi connectivity index (χ4n) is 1.79. The molecule has 0 aliphatic carbocycles. The van der Waals surface area contributed by atoms with Crippen LogP contribution in [0.15, 0.2) is 41.3 Å². The van der Waals surface area contributed by atoms with Crippen molar-refractivity contribution in [2.24, 2.45) is 0 Å². The molecule has 1 N–H and O–H groups in total. The molecule has 0 saturated heterocycles. The predicted octanol–water partition coefficient (Wildman–Crippen LogP) is 3.92. The summed E-state index contributed by atoms with van der Waals surface area (Å²) in [6, 6.07) is 8.38. The molecule has 0 atom stereocenters. The Hall–Kier alpha value is -1.14. The lowest BCUT2D eigenvalue weighted by Crippen LogP contribution is -2.24. The quantitative estimate of drug-likeness (QED) is 0.910.